The van der Waals surface area contributed by atoms with Gasteiger partial charge in [-0.05, 0) is 63.2 Å². The number of benzene rings is 1. The Morgan fingerprint density at radius 3 is 2.41 bits per heavy atom. The fourth-order valence-corrected chi connectivity index (χ4v) is 3.19. The van der Waals surface area contributed by atoms with Crippen molar-refractivity contribution < 1.29 is 9.57 Å². The molecule has 0 unspecified atom stereocenters. The molecule has 2 aromatic heterocycles. The number of nitrogens with one attached hydrogen (secondary N) is 1. The molecule has 8 nitrogen and oxygen atoms in total. The lowest BCUT2D eigenvalue weighted by Crippen LogP contribution is -2.33. The van der Waals surface area contributed by atoms with Gasteiger partial charge in [-0.2, -0.15) is 4.98 Å². The first-order valence-corrected chi connectivity index (χ1v) is 12.3. The van der Waals surface area contributed by atoms with Gasteiger partial charge in [-0.25, -0.2) is 4.98 Å². The minimum absolute atomic E-state index is 0.0559. The average molecular weight is 470 g/mol. The average Bonchev–Trinajstić information content (AvgIpc) is 2.88. The summed E-state index contributed by atoms with van der Waals surface area (Å²) in [6.45, 7) is 12.9. The minimum atomic E-state index is -0.249. The first kappa shape index (κ1) is 27.1. The highest BCUT2D eigenvalue weighted by Gasteiger charge is 2.12. The Morgan fingerprint density at radius 2 is 1.76 bits per heavy atom. The van der Waals surface area contributed by atoms with E-state index in [1.165, 1.54) is 10.8 Å². The van der Waals surface area contributed by atoms with Crippen LogP contribution >= 0.6 is 0 Å². The summed E-state index contributed by atoms with van der Waals surface area (Å²) < 4.78 is 7.08. The van der Waals surface area contributed by atoms with Crippen LogP contribution in [0.1, 0.15) is 53.9 Å². The number of pyridine rings is 1. The molecule has 0 saturated heterocycles. The van der Waals surface area contributed by atoms with Gasteiger partial charge in [0.15, 0.2) is 5.65 Å². The van der Waals surface area contributed by atoms with E-state index in [4.69, 9.17) is 9.57 Å². The van der Waals surface area contributed by atoms with Crippen molar-refractivity contribution in [3.05, 3.63) is 52.9 Å². The summed E-state index contributed by atoms with van der Waals surface area (Å²) in [5.74, 6) is 1.21. The molecule has 0 atom stereocenters. The van der Waals surface area contributed by atoms with Crippen LogP contribution in [0.4, 0.5) is 11.6 Å². The molecule has 0 aliphatic rings. The molecule has 0 bridgehead atoms. The molecular formula is C26H39N5O3. The number of fused-ring (bicyclic) bond motifs is 1. The zero-order valence-corrected chi connectivity index (χ0v) is 21.4. The summed E-state index contributed by atoms with van der Waals surface area (Å²) in [5.41, 5.74) is 1.02. The molecule has 0 spiro atoms. The van der Waals surface area contributed by atoms with E-state index in [2.05, 4.69) is 34.2 Å². The van der Waals surface area contributed by atoms with Gasteiger partial charge >= 0.3 is 0 Å². The molecule has 1 aromatic carbocycles. The van der Waals surface area contributed by atoms with Crippen molar-refractivity contribution in [3.63, 3.8) is 0 Å². The van der Waals surface area contributed by atoms with Crippen molar-refractivity contribution >= 4 is 22.7 Å². The standard InChI is InChI=1S/C24H33N5O3.C2H6/c1-5-20(6-2)32-29-22(30)14-9-18-17-25-24(27-23(18)29)26-19-10-12-21(13-11-19)31-16-8-15-28(4)7-3;1-2/h9-14,17,20H,5-8,15-16H2,1-4H3,(H,25,26,27);1-2H3. The smallest absolute Gasteiger partial charge is 0.285 e. The van der Waals surface area contributed by atoms with E-state index in [-0.39, 0.29) is 11.7 Å². The summed E-state index contributed by atoms with van der Waals surface area (Å²) in [5, 5.41) is 3.92. The van der Waals surface area contributed by atoms with Gasteiger partial charge in [0, 0.05) is 29.9 Å². The molecule has 0 saturated carbocycles. The summed E-state index contributed by atoms with van der Waals surface area (Å²) in [6, 6.07) is 10.8. The number of hydrogen-bond acceptors (Lipinski definition) is 7. The maximum absolute atomic E-state index is 12.4. The number of anilines is 2. The Labute approximate surface area is 202 Å². The molecule has 0 amide bonds. The molecule has 8 heteroatoms. The van der Waals surface area contributed by atoms with Crippen LogP contribution in [0.2, 0.25) is 0 Å². The zero-order valence-electron chi connectivity index (χ0n) is 21.4. The summed E-state index contributed by atoms with van der Waals surface area (Å²) in [7, 11) is 2.10. The fourth-order valence-electron chi connectivity index (χ4n) is 3.19. The number of ether oxygens (including phenoxy) is 1. The number of hydrogen-bond donors (Lipinski definition) is 1. The Hall–Kier alpha value is -3.13. The predicted octanol–water partition coefficient (Wildman–Crippen LogP) is 4.90. The van der Waals surface area contributed by atoms with E-state index < -0.39 is 0 Å². The zero-order chi connectivity index (χ0) is 24.9. The van der Waals surface area contributed by atoms with E-state index in [0.717, 1.165) is 49.2 Å². The van der Waals surface area contributed by atoms with Crippen molar-refractivity contribution in [2.24, 2.45) is 0 Å². The van der Waals surface area contributed by atoms with E-state index in [9.17, 15) is 4.79 Å². The van der Waals surface area contributed by atoms with Gasteiger partial charge in [0.2, 0.25) is 5.95 Å². The topological polar surface area (TPSA) is 81.5 Å². The molecule has 1 N–H and O–H groups in total. The van der Waals surface area contributed by atoms with Crippen LogP contribution in [0.25, 0.3) is 11.0 Å². The molecular weight excluding hydrogens is 430 g/mol. The van der Waals surface area contributed by atoms with E-state index in [0.29, 0.717) is 18.2 Å². The van der Waals surface area contributed by atoms with Crippen LogP contribution in [0, 0.1) is 0 Å². The first-order valence-electron chi connectivity index (χ1n) is 12.3. The maximum atomic E-state index is 12.4. The highest BCUT2D eigenvalue weighted by Crippen LogP contribution is 2.19. The monoisotopic (exact) mass is 469 g/mol. The van der Waals surface area contributed by atoms with Crippen LogP contribution in [0.5, 0.6) is 5.75 Å². The maximum Gasteiger partial charge on any atom is 0.285 e. The number of rotatable bonds is 12. The van der Waals surface area contributed by atoms with Crippen LogP contribution in [0.3, 0.4) is 0 Å². The van der Waals surface area contributed by atoms with Gasteiger partial charge < -0.3 is 19.8 Å². The molecule has 0 aliphatic heterocycles. The summed E-state index contributed by atoms with van der Waals surface area (Å²) in [4.78, 5) is 29.5. The van der Waals surface area contributed by atoms with Gasteiger partial charge in [0.05, 0.1) is 6.61 Å². The Morgan fingerprint density at radius 1 is 1.06 bits per heavy atom. The fraction of sp³-hybridized carbons (Fsp3) is 0.500. The Balaban J connectivity index is 0.00000199. The van der Waals surface area contributed by atoms with Crippen LogP contribution in [0.15, 0.2) is 47.4 Å². The molecule has 34 heavy (non-hydrogen) atoms. The number of nitrogens with zero attached hydrogens (tertiary/aromatic N) is 4. The van der Waals surface area contributed by atoms with Crippen LogP contribution in [-0.2, 0) is 0 Å². The highest BCUT2D eigenvalue weighted by molar-refractivity contribution is 5.75. The van der Waals surface area contributed by atoms with Crippen molar-refractivity contribution in [2.45, 2.75) is 60.0 Å². The lowest BCUT2D eigenvalue weighted by molar-refractivity contribution is 0.0331. The molecule has 3 rings (SSSR count). The van der Waals surface area contributed by atoms with Crippen LogP contribution < -0.4 is 20.5 Å². The van der Waals surface area contributed by atoms with Gasteiger partial charge in [0.1, 0.15) is 11.9 Å². The molecule has 2 heterocycles. The van der Waals surface area contributed by atoms with Crippen LogP contribution in [-0.4, -0.2) is 52.4 Å². The third kappa shape index (κ3) is 7.73. The van der Waals surface area contributed by atoms with Crippen molar-refractivity contribution in [1.29, 1.82) is 0 Å². The predicted molar refractivity (Wildman–Crippen MR) is 139 cm³/mol. The minimum Gasteiger partial charge on any atom is -0.494 e. The third-order valence-corrected chi connectivity index (χ3v) is 5.36. The second-order valence-electron chi connectivity index (χ2n) is 7.73. The quantitative estimate of drug-likeness (QED) is 0.378. The second-order valence-corrected chi connectivity index (χ2v) is 7.73. The van der Waals surface area contributed by atoms with E-state index >= 15 is 0 Å². The van der Waals surface area contributed by atoms with E-state index in [1.54, 1.807) is 12.3 Å². The molecule has 0 fully saturated rings. The largest absolute Gasteiger partial charge is 0.494 e. The SMILES string of the molecule is CC.CCC(CC)On1c(=O)ccc2cnc(Nc3ccc(OCCCN(C)CC)cc3)nc21. The summed E-state index contributed by atoms with van der Waals surface area (Å²) in [6.07, 6.45) is 4.22. The Kier molecular flexibility index (Phi) is 11.3. The molecule has 3 aromatic rings. The van der Waals surface area contributed by atoms with Gasteiger partial charge in [-0.15, -0.1) is 4.73 Å². The number of aromatic nitrogens is 3. The van der Waals surface area contributed by atoms with Crippen molar-refractivity contribution in [3.8, 4) is 5.75 Å². The normalized spacial score (nSPS) is 10.8. The second kappa shape index (κ2) is 14.2. The van der Waals surface area contributed by atoms with E-state index in [1.807, 2.05) is 52.0 Å². The molecule has 186 valence electrons. The van der Waals surface area contributed by atoms with Crippen molar-refractivity contribution in [2.75, 3.05) is 32.1 Å². The first-order chi connectivity index (χ1) is 16.5. The van der Waals surface area contributed by atoms with Crippen molar-refractivity contribution in [1.82, 2.24) is 19.6 Å². The molecule has 0 aliphatic carbocycles. The Bertz CT molecular complexity index is 1050. The van der Waals surface area contributed by atoms with Gasteiger partial charge in [-0.3, -0.25) is 4.79 Å². The third-order valence-electron chi connectivity index (χ3n) is 5.36. The lowest BCUT2D eigenvalue weighted by atomic mass is 10.2. The van der Waals surface area contributed by atoms with Gasteiger partial charge in [-0.1, -0.05) is 34.6 Å². The molecule has 0 radical (unpaired) electrons. The highest BCUT2D eigenvalue weighted by atomic mass is 16.7. The lowest BCUT2D eigenvalue weighted by Gasteiger charge is -2.17. The van der Waals surface area contributed by atoms with Gasteiger partial charge in [0.25, 0.3) is 5.56 Å². The summed E-state index contributed by atoms with van der Waals surface area (Å²) >= 11 is 0.